The van der Waals surface area contributed by atoms with Gasteiger partial charge in [-0.05, 0) is 42.8 Å². The third kappa shape index (κ3) is 6.62. The zero-order chi connectivity index (χ0) is 27.0. The van der Waals surface area contributed by atoms with Crippen molar-refractivity contribution in [1.82, 2.24) is 4.72 Å². The molecule has 3 N–H and O–H groups in total. The van der Waals surface area contributed by atoms with Crippen molar-refractivity contribution >= 4 is 109 Å². The fraction of sp³-hybridized carbons (Fsp3) is 0.200. The molecule has 0 bridgehead atoms. The number of rotatable bonds is 7. The first kappa shape index (κ1) is 28.9. The second-order valence-corrected chi connectivity index (χ2v) is 12.5. The predicted octanol–water partition coefficient (Wildman–Crippen LogP) is 5.30. The maximum atomic E-state index is 12.9. The van der Waals surface area contributed by atoms with Gasteiger partial charge >= 0.3 is 5.97 Å². The lowest BCUT2D eigenvalue weighted by atomic mass is 10.0. The van der Waals surface area contributed by atoms with Crippen molar-refractivity contribution in [2.45, 2.75) is 27.7 Å². The summed E-state index contributed by atoms with van der Waals surface area (Å²) in [5, 5.41) is 11.7. The van der Waals surface area contributed by atoms with E-state index in [1.54, 1.807) is 6.07 Å². The number of hydrogen-bond donors (Lipinski definition) is 3. The Hall–Kier alpha value is -1.63. The van der Waals surface area contributed by atoms with E-state index in [0.29, 0.717) is 10.6 Å². The number of halogens is 6. The van der Waals surface area contributed by atoms with Gasteiger partial charge in [0.15, 0.2) is 0 Å². The number of nitrogens with zero attached hydrogens (tertiary/aromatic N) is 2. The smallest absolute Gasteiger partial charge is 0.321 e. The molecule has 2 unspecified atom stereocenters. The maximum Gasteiger partial charge on any atom is 0.321 e. The first-order valence-electron chi connectivity index (χ1n) is 9.64. The van der Waals surface area contributed by atoms with Crippen LogP contribution >= 0.6 is 69.6 Å². The summed E-state index contributed by atoms with van der Waals surface area (Å²) in [5.41, 5.74) is 0.438. The Morgan fingerprint density at radius 2 is 1.69 bits per heavy atom. The summed E-state index contributed by atoms with van der Waals surface area (Å²) in [6.45, 7) is 1.16. The van der Waals surface area contributed by atoms with Gasteiger partial charge in [-0.1, -0.05) is 75.7 Å². The number of carbonyl (C=O) groups is 2. The maximum absolute atomic E-state index is 12.9. The Labute approximate surface area is 235 Å². The van der Waals surface area contributed by atoms with Crippen molar-refractivity contribution in [2.75, 3.05) is 5.32 Å². The number of sulfonamides is 1. The molecular formula is C20H14Cl6N4O5S. The third-order valence-corrected chi connectivity index (χ3v) is 7.86. The van der Waals surface area contributed by atoms with Crippen molar-refractivity contribution in [3.8, 4) is 0 Å². The number of carboxylic acid groups (broad SMARTS) is 1. The molecule has 3 rings (SSSR count). The Balaban J connectivity index is 1.87. The van der Waals surface area contributed by atoms with Crippen LogP contribution in [0.1, 0.15) is 18.5 Å². The quantitative estimate of drug-likeness (QED) is 0.355. The Kier molecular flexibility index (Phi) is 8.84. The average molecular weight is 635 g/mol. The van der Waals surface area contributed by atoms with Gasteiger partial charge in [0.25, 0.3) is 5.91 Å². The minimum absolute atomic E-state index is 0.0261. The minimum atomic E-state index is -4.19. The highest BCUT2D eigenvalue weighted by Gasteiger charge is 2.40. The van der Waals surface area contributed by atoms with Crippen LogP contribution in [0.3, 0.4) is 0 Å². The summed E-state index contributed by atoms with van der Waals surface area (Å²) in [6.07, 6.45) is 0. The van der Waals surface area contributed by atoms with E-state index >= 15 is 0 Å². The molecule has 36 heavy (non-hydrogen) atoms. The molecule has 192 valence electrons. The minimum Gasteiger partial charge on any atom is -0.480 e. The first-order valence-corrected chi connectivity index (χ1v) is 13.4. The van der Waals surface area contributed by atoms with Gasteiger partial charge in [-0.2, -0.15) is 4.72 Å². The first-order chi connectivity index (χ1) is 16.6. The standard InChI is InChI=1S/C20H14Cl6N4O5S/c1-8(19(32)33)30-36(34,35)10-3-5-14(13(23)7-10)27-18(31)17-28-15(16(29-17)20(24,25)26)9-2-4-11(21)12(22)6-9/h2-8,15,30H,1H3,(H,27,31)(H,32,33). The van der Waals surface area contributed by atoms with E-state index in [0.717, 1.165) is 19.1 Å². The molecule has 2 aromatic carbocycles. The molecule has 1 aliphatic heterocycles. The molecule has 1 amide bonds. The predicted molar refractivity (Wildman–Crippen MR) is 142 cm³/mol. The summed E-state index contributed by atoms with van der Waals surface area (Å²) in [6, 6.07) is 5.67. The number of benzene rings is 2. The zero-order valence-corrected chi connectivity index (χ0v) is 23.1. The number of anilines is 1. The molecule has 0 saturated carbocycles. The summed E-state index contributed by atoms with van der Waals surface area (Å²) in [7, 11) is -4.19. The highest BCUT2D eigenvalue weighted by atomic mass is 35.6. The lowest BCUT2D eigenvalue weighted by Gasteiger charge is -2.17. The molecule has 0 spiro atoms. The number of carbonyl (C=O) groups excluding carboxylic acids is 1. The van der Waals surface area contributed by atoms with Crippen LogP contribution in [0.15, 0.2) is 51.3 Å². The molecule has 0 aliphatic carbocycles. The van der Waals surface area contributed by atoms with E-state index in [1.807, 2.05) is 4.72 Å². The van der Waals surface area contributed by atoms with Gasteiger partial charge in [-0.25, -0.2) is 18.4 Å². The monoisotopic (exact) mass is 632 g/mol. The van der Waals surface area contributed by atoms with Crippen molar-refractivity contribution in [2.24, 2.45) is 9.98 Å². The molecule has 0 fully saturated rings. The SMILES string of the molecule is CC(NS(=O)(=O)c1ccc(NC(=O)C2=NC(c3ccc(Cl)c(Cl)c3)C(C(Cl)(Cl)Cl)=N2)c(Cl)c1)C(=O)O. The fourth-order valence-corrected chi connectivity index (χ4v) is 5.18. The van der Waals surface area contributed by atoms with E-state index in [9.17, 15) is 18.0 Å². The second kappa shape index (κ2) is 11.0. The van der Waals surface area contributed by atoms with E-state index in [1.165, 1.54) is 18.2 Å². The summed E-state index contributed by atoms with van der Waals surface area (Å²) in [5.74, 6) is -2.52. The molecule has 1 heterocycles. The number of nitrogens with one attached hydrogen (secondary N) is 2. The number of amides is 1. The van der Waals surface area contributed by atoms with Crippen LogP contribution in [0.4, 0.5) is 5.69 Å². The van der Waals surface area contributed by atoms with Gasteiger partial charge in [0, 0.05) is 0 Å². The summed E-state index contributed by atoms with van der Waals surface area (Å²) < 4.78 is 24.7. The van der Waals surface area contributed by atoms with E-state index < -0.39 is 37.8 Å². The van der Waals surface area contributed by atoms with Crippen LogP contribution < -0.4 is 10.0 Å². The Morgan fingerprint density at radius 1 is 1.03 bits per heavy atom. The van der Waals surface area contributed by atoms with Gasteiger partial charge in [0.2, 0.25) is 19.7 Å². The number of amidine groups is 1. The number of aliphatic carboxylic acids is 1. The highest BCUT2D eigenvalue weighted by molar-refractivity contribution is 7.89. The summed E-state index contributed by atoms with van der Waals surface area (Å²) in [4.78, 5) is 31.8. The topological polar surface area (TPSA) is 137 Å². The van der Waals surface area contributed by atoms with E-state index in [-0.39, 0.29) is 32.2 Å². The number of hydrogen-bond acceptors (Lipinski definition) is 6. The molecule has 9 nitrogen and oxygen atoms in total. The average Bonchev–Trinajstić information content (AvgIpc) is 3.23. The van der Waals surface area contributed by atoms with Gasteiger partial charge in [0.05, 0.1) is 25.7 Å². The number of aliphatic imine (C=N–C) groups is 2. The molecule has 0 radical (unpaired) electrons. The van der Waals surface area contributed by atoms with Crippen molar-refractivity contribution < 1.29 is 23.1 Å². The highest BCUT2D eigenvalue weighted by Crippen LogP contribution is 2.40. The third-order valence-electron chi connectivity index (χ3n) is 4.69. The molecule has 2 atom stereocenters. The molecule has 16 heteroatoms. The molecule has 2 aromatic rings. The fourth-order valence-electron chi connectivity index (χ4n) is 2.92. The largest absolute Gasteiger partial charge is 0.480 e. The zero-order valence-electron chi connectivity index (χ0n) is 17.8. The second-order valence-electron chi connectivity index (χ2n) is 7.30. The number of alkyl halides is 3. The van der Waals surface area contributed by atoms with E-state index in [2.05, 4.69) is 15.3 Å². The van der Waals surface area contributed by atoms with Gasteiger partial charge in [-0.3, -0.25) is 9.59 Å². The van der Waals surface area contributed by atoms with Crippen LogP contribution in [0.2, 0.25) is 15.1 Å². The van der Waals surface area contributed by atoms with Crippen molar-refractivity contribution in [3.05, 3.63) is 57.0 Å². The van der Waals surface area contributed by atoms with Gasteiger partial charge in [0.1, 0.15) is 17.8 Å². The number of carboxylic acids is 1. The van der Waals surface area contributed by atoms with Crippen LogP contribution in [0.5, 0.6) is 0 Å². The Morgan fingerprint density at radius 3 is 2.25 bits per heavy atom. The lowest BCUT2D eigenvalue weighted by molar-refractivity contribution is -0.138. The summed E-state index contributed by atoms with van der Waals surface area (Å²) >= 11 is 36.3. The normalized spacial score (nSPS) is 16.8. The van der Waals surface area contributed by atoms with Crippen LogP contribution in [-0.4, -0.2) is 46.8 Å². The molecule has 1 aliphatic rings. The molecular weight excluding hydrogens is 621 g/mol. The van der Waals surface area contributed by atoms with Crippen LogP contribution in [-0.2, 0) is 19.6 Å². The van der Waals surface area contributed by atoms with Crippen LogP contribution in [0.25, 0.3) is 0 Å². The van der Waals surface area contributed by atoms with Crippen molar-refractivity contribution in [1.29, 1.82) is 0 Å². The molecule has 0 saturated heterocycles. The van der Waals surface area contributed by atoms with Gasteiger partial charge < -0.3 is 10.4 Å². The van der Waals surface area contributed by atoms with Crippen molar-refractivity contribution in [3.63, 3.8) is 0 Å². The van der Waals surface area contributed by atoms with E-state index in [4.69, 9.17) is 74.7 Å². The van der Waals surface area contributed by atoms with Crippen LogP contribution in [0, 0.1) is 0 Å². The molecule has 0 aromatic heterocycles. The Bertz CT molecular complexity index is 1410. The van der Waals surface area contributed by atoms with Gasteiger partial charge in [-0.15, -0.1) is 0 Å². The lowest BCUT2D eigenvalue weighted by Crippen LogP contribution is -2.38.